The predicted octanol–water partition coefficient (Wildman–Crippen LogP) is 3.79. The monoisotopic (exact) mass is 381 g/mol. The summed E-state index contributed by atoms with van der Waals surface area (Å²) in [7, 11) is 3.95. The Labute approximate surface area is 163 Å². The molecule has 1 aliphatic rings. The number of carbonyl (C=O) groups is 2. The van der Waals surface area contributed by atoms with Gasteiger partial charge in [-0.05, 0) is 37.1 Å². The van der Waals surface area contributed by atoms with E-state index in [0.717, 1.165) is 28.1 Å². The molecule has 0 saturated heterocycles. The molecule has 1 N–H and O–H groups in total. The van der Waals surface area contributed by atoms with Crippen molar-refractivity contribution in [1.29, 1.82) is 0 Å². The molecule has 0 radical (unpaired) electrons. The lowest BCUT2D eigenvalue weighted by molar-refractivity contribution is -0.121. The van der Waals surface area contributed by atoms with E-state index >= 15 is 0 Å². The van der Waals surface area contributed by atoms with Gasteiger partial charge < -0.3 is 10.2 Å². The van der Waals surface area contributed by atoms with Crippen LogP contribution in [0.3, 0.4) is 0 Å². The fourth-order valence-corrected chi connectivity index (χ4v) is 3.99. The van der Waals surface area contributed by atoms with Gasteiger partial charge in [0, 0.05) is 37.5 Å². The van der Waals surface area contributed by atoms with E-state index in [0.29, 0.717) is 5.04 Å². The third-order valence-corrected chi connectivity index (χ3v) is 5.69. The van der Waals surface area contributed by atoms with Crippen LogP contribution in [0, 0.1) is 13.8 Å². The molecule has 0 bridgehead atoms. The quantitative estimate of drug-likeness (QED) is 0.856. The molecule has 140 valence electrons. The Morgan fingerprint density at radius 2 is 1.74 bits per heavy atom. The standard InChI is InChI=1S/C21H23N3O2S/c1-13-6-5-7-14(2)19(13)22-18(25)12-17-20(26)23-21(27-17)15-8-10-16(11-9-15)24(3)4/h5-11,17H,12H2,1-4H3,(H,22,25)/t17-/m1/s1. The van der Waals surface area contributed by atoms with Crippen LogP contribution in [-0.4, -0.2) is 36.2 Å². The second-order valence-electron chi connectivity index (χ2n) is 6.82. The van der Waals surface area contributed by atoms with Gasteiger partial charge in [0.15, 0.2) is 0 Å². The molecule has 27 heavy (non-hydrogen) atoms. The normalized spacial score (nSPS) is 16.2. The summed E-state index contributed by atoms with van der Waals surface area (Å²) < 4.78 is 0. The van der Waals surface area contributed by atoms with Gasteiger partial charge in [0.2, 0.25) is 5.91 Å². The maximum Gasteiger partial charge on any atom is 0.260 e. The van der Waals surface area contributed by atoms with Crippen LogP contribution >= 0.6 is 11.8 Å². The summed E-state index contributed by atoms with van der Waals surface area (Å²) >= 11 is 1.36. The van der Waals surface area contributed by atoms with E-state index in [1.165, 1.54) is 11.8 Å². The maximum atomic E-state index is 12.4. The molecule has 0 aliphatic carbocycles. The number of para-hydroxylation sites is 1. The van der Waals surface area contributed by atoms with Crippen molar-refractivity contribution in [3.63, 3.8) is 0 Å². The molecule has 3 rings (SSSR count). The SMILES string of the molecule is Cc1cccc(C)c1NC(=O)C[C@H]1SC(c2ccc(N(C)C)cc2)=NC1=O. The van der Waals surface area contributed by atoms with Gasteiger partial charge in [-0.15, -0.1) is 0 Å². The molecule has 0 spiro atoms. The van der Waals surface area contributed by atoms with Crippen LogP contribution in [0.4, 0.5) is 11.4 Å². The average molecular weight is 382 g/mol. The highest BCUT2D eigenvalue weighted by Crippen LogP contribution is 2.30. The summed E-state index contributed by atoms with van der Waals surface area (Å²) in [6, 6.07) is 13.8. The van der Waals surface area contributed by atoms with E-state index in [1.54, 1.807) is 0 Å². The first-order valence-electron chi connectivity index (χ1n) is 8.78. The Bertz CT molecular complexity index is 884. The van der Waals surface area contributed by atoms with E-state index < -0.39 is 5.25 Å². The summed E-state index contributed by atoms with van der Waals surface area (Å²) in [6.07, 6.45) is 0.111. The van der Waals surface area contributed by atoms with Gasteiger partial charge in [-0.2, -0.15) is 0 Å². The highest BCUT2D eigenvalue weighted by molar-refractivity contribution is 8.16. The second-order valence-corrected chi connectivity index (χ2v) is 8.01. The van der Waals surface area contributed by atoms with Crippen LogP contribution in [0.1, 0.15) is 23.1 Å². The molecule has 1 atom stereocenters. The third-order valence-electron chi connectivity index (χ3n) is 4.49. The minimum Gasteiger partial charge on any atom is -0.378 e. The van der Waals surface area contributed by atoms with Crippen LogP contribution in [0.5, 0.6) is 0 Å². The van der Waals surface area contributed by atoms with Crippen LogP contribution in [-0.2, 0) is 9.59 Å². The number of thioether (sulfide) groups is 1. The molecule has 2 amide bonds. The van der Waals surface area contributed by atoms with Crippen LogP contribution in [0.25, 0.3) is 0 Å². The molecule has 1 heterocycles. The molecule has 0 saturated carbocycles. The van der Waals surface area contributed by atoms with Gasteiger partial charge >= 0.3 is 0 Å². The number of hydrogen-bond donors (Lipinski definition) is 1. The molecule has 0 aromatic heterocycles. The number of nitrogens with zero attached hydrogens (tertiary/aromatic N) is 2. The van der Waals surface area contributed by atoms with E-state index in [2.05, 4.69) is 10.3 Å². The number of aryl methyl sites for hydroxylation is 2. The Hall–Kier alpha value is -2.60. The number of carbonyl (C=O) groups excluding carboxylic acids is 2. The molecular weight excluding hydrogens is 358 g/mol. The van der Waals surface area contributed by atoms with Gasteiger partial charge in [0.25, 0.3) is 5.91 Å². The Balaban J connectivity index is 1.64. The molecule has 2 aromatic carbocycles. The number of nitrogens with one attached hydrogen (secondary N) is 1. The van der Waals surface area contributed by atoms with Crippen molar-refractivity contribution in [3.05, 3.63) is 59.2 Å². The highest BCUT2D eigenvalue weighted by Gasteiger charge is 2.31. The first-order chi connectivity index (χ1) is 12.8. The lowest BCUT2D eigenvalue weighted by atomic mass is 10.1. The summed E-state index contributed by atoms with van der Waals surface area (Å²) in [5.41, 5.74) is 4.81. The lowest BCUT2D eigenvalue weighted by Crippen LogP contribution is -2.22. The smallest absolute Gasteiger partial charge is 0.260 e. The van der Waals surface area contributed by atoms with Crippen molar-refractivity contribution in [2.75, 3.05) is 24.3 Å². The number of aliphatic imine (C=N–C) groups is 1. The zero-order chi connectivity index (χ0) is 19.6. The molecule has 0 fully saturated rings. The van der Waals surface area contributed by atoms with E-state index in [-0.39, 0.29) is 18.2 Å². The van der Waals surface area contributed by atoms with Crippen molar-refractivity contribution in [2.24, 2.45) is 4.99 Å². The van der Waals surface area contributed by atoms with Crippen LogP contribution in [0.2, 0.25) is 0 Å². The van der Waals surface area contributed by atoms with Crippen molar-refractivity contribution in [3.8, 4) is 0 Å². The maximum absolute atomic E-state index is 12.4. The molecule has 1 aliphatic heterocycles. The second kappa shape index (κ2) is 7.96. The van der Waals surface area contributed by atoms with Crippen molar-refractivity contribution >= 4 is 40.0 Å². The predicted molar refractivity (Wildman–Crippen MR) is 113 cm³/mol. The van der Waals surface area contributed by atoms with Gasteiger partial charge in [0.1, 0.15) is 10.3 Å². The van der Waals surface area contributed by atoms with Crippen molar-refractivity contribution in [2.45, 2.75) is 25.5 Å². The first kappa shape index (κ1) is 19.2. The van der Waals surface area contributed by atoms with Crippen molar-refractivity contribution < 1.29 is 9.59 Å². The number of anilines is 2. The molecule has 6 heteroatoms. The zero-order valence-corrected chi connectivity index (χ0v) is 16.8. The Morgan fingerprint density at radius 3 is 2.33 bits per heavy atom. The third kappa shape index (κ3) is 4.39. The summed E-state index contributed by atoms with van der Waals surface area (Å²) in [5.74, 6) is -0.416. The van der Waals surface area contributed by atoms with Gasteiger partial charge in [-0.3, -0.25) is 9.59 Å². The lowest BCUT2D eigenvalue weighted by Gasteiger charge is -2.13. The fraction of sp³-hybridized carbons (Fsp3) is 0.286. The average Bonchev–Trinajstić information content (AvgIpc) is 2.99. The summed E-state index contributed by atoms with van der Waals surface area (Å²) in [5, 5.41) is 3.14. The highest BCUT2D eigenvalue weighted by atomic mass is 32.2. The summed E-state index contributed by atoms with van der Waals surface area (Å²) in [4.78, 5) is 30.9. The zero-order valence-electron chi connectivity index (χ0n) is 15.9. The molecule has 5 nitrogen and oxygen atoms in total. The molecule has 2 aromatic rings. The fourth-order valence-electron chi connectivity index (χ4n) is 2.92. The topological polar surface area (TPSA) is 61.8 Å². The number of rotatable bonds is 5. The van der Waals surface area contributed by atoms with E-state index in [1.807, 2.05) is 75.3 Å². The van der Waals surface area contributed by atoms with Gasteiger partial charge in [0.05, 0.1) is 0 Å². The van der Waals surface area contributed by atoms with E-state index in [4.69, 9.17) is 0 Å². The van der Waals surface area contributed by atoms with Gasteiger partial charge in [-0.1, -0.05) is 42.1 Å². The Morgan fingerprint density at radius 1 is 1.11 bits per heavy atom. The number of benzene rings is 2. The molecular formula is C21H23N3O2S. The Kier molecular flexibility index (Phi) is 5.65. The summed E-state index contributed by atoms with van der Waals surface area (Å²) in [6.45, 7) is 3.91. The minimum absolute atomic E-state index is 0.111. The number of hydrogen-bond acceptors (Lipinski definition) is 4. The number of amides is 2. The van der Waals surface area contributed by atoms with Crippen molar-refractivity contribution in [1.82, 2.24) is 0 Å². The van der Waals surface area contributed by atoms with E-state index in [9.17, 15) is 9.59 Å². The first-order valence-corrected chi connectivity index (χ1v) is 9.66. The molecule has 0 unspecified atom stereocenters. The van der Waals surface area contributed by atoms with Crippen LogP contribution < -0.4 is 10.2 Å². The van der Waals surface area contributed by atoms with Gasteiger partial charge in [-0.25, -0.2) is 4.99 Å². The largest absolute Gasteiger partial charge is 0.378 e. The minimum atomic E-state index is -0.474. The van der Waals surface area contributed by atoms with Crippen LogP contribution in [0.15, 0.2) is 47.5 Å².